The molecule has 0 aromatic heterocycles. The van der Waals surface area contributed by atoms with E-state index in [1.165, 1.54) is 74.6 Å². The molecule has 0 heterocycles. The Morgan fingerprint density at radius 2 is 0.826 bits per heavy atom. The molecule has 1 aliphatic rings. The highest BCUT2D eigenvalue weighted by molar-refractivity contribution is 6.33. The third-order valence-electron chi connectivity index (χ3n) is 8.88. The summed E-state index contributed by atoms with van der Waals surface area (Å²) in [6.07, 6.45) is 14.3. The zero-order valence-electron chi connectivity index (χ0n) is 27.1. The number of anilines is 4. The number of rotatable bonds is 16. The number of phenols is 2. The summed E-state index contributed by atoms with van der Waals surface area (Å²) in [6, 6.07) is 22.2. The topological polar surface area (TPSA) is 98.7 Å². The van der Waals surface area contributed by atoms with Crippen LogP contribution in [0.25, 0.3) is 0 Å². The molecule has 46 heavy (non-hydrogen) atoms. The molecular weight excluding hydrogens is 572 g/mol. The van der Waals surface area contributed by atoms with Gasteiger partial charge in [0.1, 0.15) is 11.5 Å². The Kier molecular flexibility index (Phi) is 11.1. The number of phenolic OH excluding ortho intramolecular Hbond substituents is 2. The van der Waals surface area contributed by atoms with Gasteiger partial charge in [-0.05, 0) is 85.3 Å². The van der Waals surface area contributed by atoms with Crippen molar-refractivity contribution in [2.75, 3.05) is 10.6 Å². The van der Waals surface area contributed by atoms with Gasteiger partial charge in [0.15, 0.2) is 0 Å². The maximum Gasteiger partial charge on any atom is 0.200 e. The lowest BCUT2D eigenvalue weighted by Gasteiger charge is -2.24. The van der Waals surface area contributed by atoms with Crippen molar-refractivity contribution in [3.05, 3.63) is 106 Å². The number of hydrogen-bond acceptors (Lipinski definition) is 6. The average molecular weight is 619 g/mol. The maximum atomic E-state index is 14.0. The number of aromatic hydroxyl groups is 2. The number of hydrogen-bond donors (Lipinski definition) is 4. The van der Waals surface area contributed by atoms with Gasteiger partial charge < -0.3 is 20.8 Å². The molecule has 4 N–H and O–H groups in total. The minimum Gasteiger partial charge on any atom is -0.507 e. The molecule has 0 aliphatic heterocycles. The molecule has 4 aromatic rings. The lowest BCUT2D eigenvalue weighted by molar-refractivity contribution is 0.0975. The fraction of sp³-hybridized carbons (Fsp3) is 0.350. The maximum absolute atomic E-state index is 14.0. The number of nitrogens with one attached hydrogen (secondary N) is 2. The second-order valence-corrected chi connectivity index (χ2v) is 12.4. The molecule has 1 aliphatic carbocycles. The first kappa shape index (κ1) is 32.8. The number of carbonyl (C=O) groups excluding carboxylic acids is 2. The normalized spacial score (nSPS) is 12.1. The summed E-state index contributed by atoms with van der Waals surface area (Å²) in [4.78, 5) is 28.0. The van der Waals surface area contributed by atoms with Gasteiger partial charge in [-0.15, -0.1) is 0 Å². The Bertz CT molecular complexity index is 1530. The molecule has 0 unspecified atom stereocenters. The number of aryl methyl sites for hydroxylation is 2. The van der Waals surface area contributed by atoms with Crippen molar-refractivity contribution in [3.8, 4) is 11.5 Å². The zero-order chi connectivity index (χ0) is 32.5. The number of carbonyl (C=O) groups is 2. The van der Waals surface area contributed by atoms with Crippen LogP contribution in [0.4, 0.5) is 22.7 Å². The molecule has 0 radical (unpaired) electrons. The summed E-state index contributed by atoms with van der Waals surface area (Å²) in [5, 5.41) is 28.2. The van der Waals surface area contributed by atoms with E-state index in [1.54, 1.807) is 12.1 Å². The van der Waals surface area contributed by atoms with Crippen LogP contribution >= 0.6 is 0 Å². The van der Waals surface area contributed by atoms with E-state index in [-0.39, 0.29) is 33.8 Å². The molecule has 4 aromatic carbocycles. The van der Waals surface area contributed by atoms with Gasteiger partial charge in [-0.2, -0.15) is 0 Å². The number of fused-ring (bicyclic) bond motifs is 2. The van der Waals surface area contributed by atoms with E-state index in [0.29, 0.717) is 11.4 Å². The van der Waals surface area contributed by atoms with Gasteiger partial charge in [0.2, 0.25) is 11.6 Å². The van der Waals surface area contributed by atoms with Gasteiger partial charge in [0.05, 0.1) is 33.6 Å². The van der Waals surface area contributed by atoms with Crippen molar-refractivity contribution < 1.29 is 19.8 Å². The highest BCUT2D eigenvalue weighted by atomic mass is 16.3. The minimum atomic E-state index is -0.522. The Morgan fingerprint density at radius 3 is 1.20 bits per heavy atom. The van der Waals surface area contributed by atoms with Gasteiger partial charge >= 0.3 is 0 Å². The Morgan fingerprint density at radius 1 is 0.457 bits per heavy atom. The lowest BCUT2D eigenvalue weighted by atomic mass is 9.81. The minimum absolute atomic E-state index is 0.0493. The molecule has 5 rings (SSSR count). The molecule has 0 amide bonds. The van der Waals surface area contributed by atoms with Crippen molar-refractivity contribution >= 4 is 34.3 Å². The average Bonchev–Trinajstić information content (AvgIpc) is 3.06. The fourth-order valence-electron chi connectivity index (χ4n) is 6.26. The van der Waals surface area contributed by atoms with Gasteiger partial charge in [-0.1, -0.05) is 89.5 Å². The van der Waals surface area contributed by atoms with Crippen LogP contribution in [0.5, 0.6) is 11.5 Å². The highest BCUT2D eigenvalue weighted by Gasteiger charge is 2.38. The molecule has 0 bridgehead atoms. The number of unbranched alkanes of at least 4 members (excludes halogenated alkanes) is 8. The molecule has 0 spiro atoms. The Labute approximate surface area is 272 Å². The van der Waals surface area contributed by atoms with Crippen molar-refractivity contribution in [1.82, 2.24) is 0 Å². The van der Waals surface area contributed by atoms with Crippen molar-refractivity contribution in [2.24, 2.45) is 0 Å². The van der Waals surface area contributed by atoms with Crippen LogP contribution in [0, 0.1) is 0 Å². The lowest BCUT2D eigenvalue weighted by Crippen LogP contribution is -2.23. The third-order valence-corrected chi connectivity index (χ3v) is 8.88. The first-order valence-corrected chi connectivity index (χ1v) is 16.9. The smallest absolute Gasteiger partial charge is 0.200 e. The summed E-state index contributed by atoms with van der Waals surface area (Å²) in [7, 11) is 0. The van der Waals surface area contributed by atoms with Crippen molar-refractivity contribution in [1.29, 1.82) is 0 Å². The summed E-state index contributed by atoms with van der Waals surface area (Å²) in [5.41, 5.74) is 4.77. The van der Waals surface area contributed by atoms with Crippen LogP contribution in [0.1, 0.15) is 121 Å². The molecule has 0 saturated heterocycles. The van der Waals surface area contributed by atoms with E-state index in [0.717, 1.165) is 37.1 Å². The van der Waals surface area contributed by atoms with Crippen LogP contribution in [0.3, 0.4) is 0 Å². The van der Waals surface area contributed by atoms with Crippen LogP contribution in [-0.2, 0) is 12.8 Å². The second-order valence-electron chi connectivity index (χ2n) is 12.4. The van der Waals surface area contributed by atoms with Crippen LogP contribution in [0.2, 0.25) is 0 Å². The molecular formula is C40H46N2O4. The summed E-state index contributed by atoms with van der Waals surface area (Å²) >= 11 is 0. The van der Waals surface area contributed by atoms with Crippen LogP contribution in [-0.4, -0.2) is 21.8 Å². The molecule has 0 atom stereocenters. The summed E-state index contributed by atoms with van der Waals surface area (Å²) in [5.74, 6) is -1.60. The molecule has 0 fully saturated rings. The molecule has 0 saturated carbocycles. The van der Waals surface area contributed by atoms with Crippen molar-refractivity contribution in [2.45, 2.75) is 90.9 Å². The molecule has 6 heteroatoms. The van der Waals surface area contributed by atoms with Gasteiger partial charge in [-0.3, -0.25) is 9.59 Å². The zero-order valence-corrected chi connectivity index (χ0v) is 27.1. The predicted molar refractivity (Wildman–Crippen MR) is 187 cm³/mol. The first-order valence-electron chi connectivity index (χ1n) is 16.9. The first-order chi connectivity index (χ1) is 22.4. The van der Waals surface area contributed by atoms with E-state index in [9.17, 15) is 19.8 Å². The Balaban J connectivity index is 1.35. The number of benzene rings is 4. The van der Waals surface area contributed by atoms with E-state index in [2.05, 4.69) is 48.7 Å². The van der Waals surface area contributed by atoms with E-state index in [4.69, 9.17) is 0 Å². The highest BCUT2D eigenvalue weighted by Crippen LogP contribution is 2.43. The van der Waals surface area contributed by atoms with Crippen LogP contribution in [0.15, 0.2) is 72.8 Å². The number of ketones is 2. The van der Waals surface area contributed by atoms with Gasteiger partial charge in [-0.25, -0.2) is 0 Å². The summed E-state index contributed by atoms with van der Waals surface area (Å²) < 4.78 is 0. The summed E-state index contributed by atoms with van der Waals surface area (Å²) in [6.45, 7) is 4.43. The molecule has 240 valence electrons. The van der Waals surface area contributed by atoms with Gasteiger partial charge in [0, 0.05) is 11.4 Å². The van der Waals surface area contributed by atoms with E-state index >= 15 is 0 Å². The monoisotopic (exact) mass is 618 g/mol. The standard InChI is InChI=1S/C40H46N2O4/c1-3-5-7-9-11-13-27-15-19-29(20-16-27)41-31-23-25-33(43)37-35(31)39(45)38-34(44)26-24-32(36(38)40(37)46)42-30-21-17-28(18-22-30)14-12-10-8-6-4-2/h15-26,41-44H,3-14H2,1-2H3. The van der Waals surface area contributed by atoms with Gasteiger partial charge in [0.25, 0.3) is 0 Å². The quantitative estimate of drug-likeness (QED) is 0.0649. The SMILES string of the molecule is CCCCCCCc1ccc(Nc2ccc(O)c3c2C(=O)c2c(O)ccc(Nc4ccc(CCCCCCC)cc4)c2C3=O)cc1. The van der Waals surface area contributed by atoms with E-state index in [1.807, 2.05) is 24.3 Å². The fourth-order valence-corrected chi connectivity index (χ4v) is 6.26. The third kappa shape index (κ3) is 7.61. The van der Waals surface area contributed by atoms with E-state index < -0.39 is 11.6 Å². The van der Waals surface area contributed by atoms with Crippen molar-refractivity contribution in [3.63, 3.8) is 0 Å². The second kappa shape index (κ2) is 15.6. The van der Waals surface area contributed by atoms with Crippen LogP contribution < -0.4 is 10.6 Å². The predicted octanol–water partition coefficient (Wildman–Crippen LogP) is 10.4. The Hall–Kier alpha value is -4.58. The largest absolute Gasteiger partial charge is 0.507 e. The molecule has 6 nitrogen and oxygen atoms in total.